The largest absolute Gasteiger partial charge is 0.352 e. The third kappa shape index (κ3) is 6.54. The molecule has 2 aromatic carbocycles. The van der Waals surface area contributed by atoms with E-state index in [-0.39, 0.29) is 30.8 Å². The molecule has 0 aromatic heterocycles. The lowest BCUT2D eigenvalue weighted by atomic mass is 9.95. The molecular weight excluding hydrogens is 490 g/mol. The third-order valence-corrected chi connectivity index (χ3v) is 7.30. The van der Waals surface area contributed by atoms with Gasteiger partial charge in [0.1, 0.15) is 6.04 Å². The zero-order valence-electron chi connectivity index (χ0n) is 17.8. The number of hydrogen-bond donors (Lipinski definition) is 1. The average Bonchev–Trinajstić information content (AvgIpc) is 2.76. The maximum Gasteiger partial charge on any atom is 0.242 e. The maximum atomic E-state index is 13.4. The van der Waals surface area contributed by atoms with Gasteiger partial charge in [-0.1, -0.05) is 77.8 Å². The highest BCUT2D eigenvalue weighted by atomic mass is 35.5. The van der Waals surface area contributed by atoms with Gasteiger partial charge in [-0.2, -0.15) is 0 Å². The van der Waals surface area contributed by atoms with Gasteiger partial charge in [0.25, 0.3) is 0 Å². The number of rotatable bonds is 7. The normalized spacial score (nSPS) is 15.3. The first kappa shape index (κ1) is 25.2. The van der Waals surface area contributed by atoms with Crippen molar-refractivity contribution in [3.05, 3.63) is 67.6 Å². The van der Waals surface area contributed by atoms with Crippen molar-refractivity contribution in [3.63, 3.8) is 0 Å². The molecule has 0 bridgehead atoms. The third-order valence-electron chi connectivity index (χ3n) is 5.85. The minimum absolute atomic E-state index is 0.0695. The summed E-state index contributed by atoms with van der Waals surface area (Å²) in [6, 6.07) is 9.70. The number of nitrogens with zero attached hydrogens (tertiary/aromatic N) is 1. The van der Waals surface area contributed by atoms with Gasteiger partial charge in [-0.05, 0) is 49.6 Å². The number of benzene rings is 2. The molecule has 1 saturated carbocycles. The molecule has 0 unspecified atom stereocenters. The Morgan fingerprint density at radius 1 is 0.969 bits per heavy atom. The number of halogens is 4. The van der Waals surface area contributed by atoms with Gasteiger partial charge in [0.15, 0.2) is 0 Å². The predicted octanol–water partition coefficient (Wildman–Crippen LogP) is 6.71. The van der Waals surface area contributed by atoms with E-state index in [0.717, 1.165) is 25.7 Å². The van der Waals surface area contributed by atoms with Gasteiger partial charge in [-0.25, -0.2) is 0 Å². The van der Waals surface area contributed by atoms with Crippen LogP contribution in [0.25, 0.3) is 0 Å². The Morgan fingerprint density at radius 3 is 2.25 bits per heavy atom. The summed E-state index contributed by atoms with van der Waals surface area (Å²) in [5.74, 6) is -0.409. The van der Waals surface area contributed by atoms with Crippen LogP contribution in [-0.2, 0) is 22.6 Å². The summed E-state index contributed by atoms with van der Waals surface area (Å²) in [5.41, 5.74) is 1.31. The van der Waals surface area contributed by atoms with E-state index in [1.807, 2.05) is 0 Å². The van der Waals surface area contributed by atoms with Crippen molar-refractivity contribution in [3.8, 4) is 0 Å². The fraction of sp³-hybridized carbons (Fsp3) is 0.417. The van der Waals surface area contributed by atoms with Crippen LogP contribution in [0.1, 0.15) is 50.2 Å². The Morgan fingerprint density at radius 2 is 1.62 bits per heavy atom. The van der Waals surface area contributed by atoms with Crippen LogP contribution in [0, 0.1) is 0 Å². The zero-order chi connectivity index (χ0) is 23.3. The van der Waals surface area contributed by atoms with Crippen molar-refractivity contribution < 1.29 is 9.59 Å². The Balaban J connectivity index is 1.82. The molecule has 3 rings (SSSR count). The molecular formula is C24H26Cl4N2O2. The lowest BCUT2D eigenvalue weighted by Gasteiger charge is -2.31. The second-order valence-corrected chi connectivity index (χ2v) is 9.80. The molecule has 172 valence electrons. The molecule has 2 aromatic rings. The molecule has 0 aliphatic heterocycles. The van der Waals surface area contributed by atoms with Gasteiger partial charge in [-0.3, -0.25) is 9.59 Å². The van der Waals surface area contributed by atoms with Crippen LogP contribution in [0.15, 0.2) is 36.4 Å². The number of nitrogens with one attached hydrogen (secondary N) is 1. The minimum atomic E-state index is -0.695. The topological polar surface area (TPSA) is 49.4 Å². The monoisotopic (exact) mass is 514 g/mol. The SMILES string of the molecule is C[C@@H](C(=O)NC1CCCCC1)N(Cc1c(Cl)cccc1Cl)C(=O)Cc1ccc(Cl)c(Cl)c1. The highest BCUT2D eigenvalue weighted by molar-refractivity contribution is 6.42. The molecule has 1 N–H and O–H groups in total. The van der Waals surface area contributed by atoms with E-state index in [2.05, 4.69) is 5.32 Å². The van der Waals surface area contributed by atoms with E-state index in [9.17, 15) is 9.59 Å². The van der Waals surface area contributed by atoms with Gasteiger partial charge >= 0.3 is 0 Å². The summed E-state index contributed by atoms with van der Waals surface area (Å²) in [6.45, 7) is 1.85. The molecule has 32 heavy (non-hydrogen) atoms. The van der Waals surface area contributed by atoms with Crippen LogP contribution in [0.4, 0.5) is 0 Å². The predicted molar refractivity (Wildman–Crippen MR) is 132 cm³/mol. The Bertz CT molecular complexity index is 956. The van der Waals surface area contributed by atoms with Crippen LogP contribution in [-0.4, -0.2) is 28.8 Å². The lowest BCUT2D eigenvalue weighted by Crippen LogP contribution is -2.50. The van der Waals surface area contributed by atoms with Gasteiger partial charge in [0.05, 0.1) is 16.5 Å². The molecule has 1 fully saturated rings. The van der Waals surface area contributed by atoms with E-state index in [1.54, 1.807) is 43.3 Å². The number of hydrogen-bond acceptors (Lipinski definition) is 2. The van der Waals surface area contributed by atoms with E-state index in [4.69, 9.17) is 46.4 Å². The van der Waals surface area contributed by atoms with Crippen LogP contribution in [0.3, 0.4) is 0 Å². The number of carbonyl (C=O) groups is 2. The summed E-state index contributed by atoms with van der Waals surface area (Å²) in [7, 11) is 0. The highest BCUT2D eigenvalue weighted by Gasteiger charge is 2.29. The smallest absolute Gasteiger partial charge is 0.242 e. The van der Waals surface area contributed by atoms with Gasteiger partial charge < -0.3 is 10.2 Å². The summed E-state index contributed by atoms with van der Waals surface area (Å²) in [4.78, 5) is 27.9. The van der Waals surface area contributed by atoms with Gasteiger partial charge in [0, 0.05) is 28.2 Å². The second kappa shape index (κ2) is 11.6. The van der Waals surface area contributed by atoms with Crippen LogP contribution < -0.4 is 5.32 Å². The second-order valence-electron chi connectivity index (χ2n) is 8.17. The Kier molecular flexibility index (Phi) is 9.13. The van der Waals surface area contributed by atoms with Gasteiger partial charge in [0.2, 0.25) is 11.8 Å². The fourth-order valence-corrected chi connectivity index (χ4v) is 4.77. The molecule has 1 aliphatic rings. The standard InChI is InChI=1S/C24H26Cl4N2O2/c1-15(24(32)29-17-6-3-2-4-7-17)30(14-18-19(25)8-5-9-20(18)26)23(31)13-16-10-11-21(27)22(28)12-16/h5,8-12,15,17H,2-4,6-7,13-14H2,1H3,(H,29,32)/t15-/m0/s1. The van der Waals surface area contributed by atoms with Crippen LogP contribution >= 0.6 is 46.4 Å². The molecule has 0 heterocycles. The number of amides is 2. The van der Waals surface area contributed by atoms with Crippen LogP contribution in [0.2, 0.25) is 20.1 Å². The first-order valence-electron chi connectivity index (χ1n) is 10.7. The minimum Gasteiger partial charge on any atom is -0.352 e. The van der Waals surface area contributed by atoms with E-state index in [0.29, 0.717) is 31.2 Å². The summed E-state index contributed by atoms with van der Waals surface area (Å²) in [5, 5.41) is 4.80. The molecule has 1 atom stereocenters. The van der Waals surface area contributed by atoms with E-state index < -0.39 is 6.04 Å². The Hall–Kier alpha value is -1.46. The molecule has 4 nitrogen and oxygen atoms in total. The van der Waals surface area contributed by atoms with Crippen molar-refractivity contribution in [2.24, 2.45) is 0 Å². The summed E-state index contributed by atoms with van der Waals surface area (Å²) >= 11 is 24.8. The first-order valence-corrected chi connectivity index (χ1v) is 12.2. The molecule has 0 spiro atoms. The summed E-state index contributed by atoms with van der Waals surface area (Å²) in [6.07, 6.45) is 5.41. The molecule has 0 saturated heterocycles. The van der Waals surface area contributed by atoms with Crippen LogP contribution in [0.5, 0.6) is 0 Å². The first-order chi connectivity index (χ1) is 15.3. The van der Waals surface area contributed by atoms with Crippen molar-refractivity contribution in [1.29, 1.82) is 0 Å². The molecule has 2 amide bonds. The quantitative estimate of drug-likeness (QED) is 0.445. The van der Waals surface area contributed by atoms with Gasteiger partial charge in [-0.15, -0.1) is 0 Å². The van der Waals surface area contributed by atoms with E-state index in [1.165, 1.54) is 11.3 Å². The zero-order valence-corrected chi connectivity index (χ0v) is 20.9. The molecule has 8 heteroatoms. The van der Waals surface area contributed by atoms with Crippen molar-refractivity contribution >= 4 is 58.2 Å². The highest BCUT2D eigenvalue weighted by Crippen LogP contribution is 2.28. The average molecular weight is 516 g/mol. The van der Waals surface area contributed by atoms with E-state index >= 15 is 0 Å². The molecule has 1 aliphatic carbocycles. The van der Waals surface area contributed by atoms with Crippen molar-refractivity contribution in [2.75, 3.05) is 0 Å². The lowest BCUT2D eigenvalue weighted by molar-refractivity contribution is -0.140. The van der Waals surface area contributed by atoms with Crippen molar-refractivity contribution in [1.82, 2.24) is 10.2 Å². The fourth-order valence-electron chi connectivity index (χ4n) is 3.93. The number of carbonyl (C=O) groups excluding carboxylic acids is 2. The molecule has 0 radical (unpaired) electrons. The van der Waals surface area contributed by atoms with Crippen molar-refractivity contribution in [2.45, 2.75) is 64.1 Å². The maximum absolute atomic E-state index is 13.4. The summed E-state index contributed by atoms with van der Waals surface area (Å²) < 4.78 is 0. The Labute approximate surface area is 209 Å².